The fourth-order valence-electron chi connectivity index (χ4n) is 8.78. The molecule has 0 N–H and O–H groups in total. The lowest BCUT2D eigenvalue weighted by molar-refractivity contribution is 0.768. The van der Waals surface area contributed by atoms with Crippen LogP contribution in [-0.2, 0) is 11.8 Å². The molecule has 1 aliphatic carbocycles. The van der Waals surface area contributed by atoms with Crippen LogP contribution in [0, 0.1) is 18.3 Å². The van der Waals surface area contributed by atoms with Crippen LogP contribution in [0.5, 0.6) is 0 Å². The Morgan fingerprint density at radius 1 is 0.673 bits per heavy atom. The zero-order valence-electron chi connectivity index (χ0n) is 28.9. The zero-order chi connectivity index (χ0) is 35.0. The van der Waals surface area contributed by atoms with E-state index in [0.717, 1.165) is 34.5 Å². The van der Waals surface area contributed by atoms with Crippen molar-refractivity contribution in [1.82, 2.24) is 9.55 Å². The van der Waals surface area contributed by atoms with Crippen molar-refractivity contribution in [1.29, 1.82) is 5.26 Å². The van der Waals surface area contributed by atoms with Crippen molar-refractivity contribution in [3.05, 3.63) is 191 Å². The van der Waals surface area contributed by atoms with E-state index in [0.29, 0.717) is 5.56 Å². The monoisotopic (exact) mass is 683 g/mol. The second kappa shape index (κ2) is 11.6. The van der Waals surface area contributed by atoms with Gasteiger partial charge in [0, 0.05) is 32.3 Å². The van der Waals surface area contributed by atoms with Gasteiger partial charge in [-0.05, 0) is 106 Å². The number of hydrogen-bond donors (Lipinski definition) is 0. The van der Waals surface area contributed by atoms with Gasteiger partial charge in [-0.3, -0.25) is 4.57 Å². The van der Waals surface area contributed by atoms with Crippen molar-refractivity contribution >= 4 is 42.5 Å². The number of rotatable bonds is 5. The second-order valence-electron chi connectivity index (χ2n) is 13.8. The van der Waals surface area contributed by atoms with Gasteiger partial charge in [-0.1, -0.05) is 110 Å². The third-order valence-electron chi connectivity index (χ3n) is 10.9. The average molecular weight is 684 g/mol. The fraction of sp³-hybridized carbons (Fsp3) is 0.0833. The first-order chi connectivity index (χ1) is 25.6. The van der Waals surface area contributed by atoms with E-state index in [2.05, 4.69) is 164 Å². The Labute approximate surface area is 306 Å². The van der Waals surface area contributed by atoms with Crippen LogP contribution < -0.4 is 0 Å². The zero-order valence-corrected chi connectivity index (χ0v) is 29.7. The summed E-state index contributed by atoms with van der Waals surface area (Å²) in [6.45, 7) is 4.35. The lowest BCUT2D eigenvalue weighted by Crippen LogP contribution is -2.28. The number of benzene rings is 7. The van der Waals surface area contributed by atoms with Gasteiger partial charge < -0.3 is 0 Å². The molecule has 1 aliphatic rings. The maximum atomic E-state index is 9.54. The number of hydrogen-bond acceptors (Lipinski definition) is 3. The summed E-state index contributed by atoms with van der Waals surface area (Å²) in [6.07, 6.45) is 0.847. The molecule has 7 aromatic carbocycles. The highest BCUT2D eigenvalue weighted by atomic mass is 32.1. The molecule has 0 saturated carbocycles. The third-order valence-corrected chi connectivity index (χ3v) is 12.0. The normalized spacial score (nSPS) is 14.9. The van der Waals surface area contributed by atoms with Gasteiger partial charge in [0.2, 0.25) is 0 Å². The summed E-state index contributed by atoms with van der Waals surface area (Å²) in [6, 6.07) is 57.4. The van der Waals surface area contributed by atoms with Crippen LogP contribution in [-0.4, -0.2) is 9.55 Å². The van der Waals surface area contributed by atoms with Crippen molar-refractivity contribution < 1.29 is 0 Å². The largest absolute Gasteiger partial charge is 0.296 e. The Balaban J connectivity index is 1.28. The van der Waals surface area contributed by atoms with Crippen LogP contribution >= 0.6 is 11.3 Å². The minimum atomic E-state index is -0.530. The molecule has 0 bridgehead atoms. The molecule has 3 nitrogen and oxygen atoms in total. The quantitative estimate of drug-likeness (QED) is 0.181. The van der Waals surface area contributed by atoms with E-state index in [9.17, 15) is 5.26 Å². The lowest BCUT2D eigenvalue weighted by Gasteiger charge is -2.34. The predicted molar refractivity (Wildman–Crippen MR) is 216 cm³/mol. The van der Waals surface area contributed by atoms with E-state index in [1.807, 2.05) is 23.5 Å². The molecule has 0 radical (unpaired) electrons. The van der Waals surface area contributed by atoms with Gasteiger partial charge in [-0.25, -0.2) is 4.98 Å². The lowest BCUT2D eigenvalue weighted by atomic mass is 9.67. The molecule has 0 saturated heterocycles. The Morgan fingerprint density at radius 2 is 1.40 bits per heavy atom. The number of nitriles is 1. The highest BCUT2D eigenvalue weighted by molar-refractivity contribution is 7.26. The van der Waals surface area contributed by atoms with E-state index in [1.165, 1.54) is 64.7 Å². The first-order valence-electron chi connectivity index (χ1n) is 17.8. The van der Waals surface area contributed by atoms with Crippen LogP contribution in [0.15, 0.2) is 152 Å². The smallest absolute Gasteiger partial charge is 0.114 e. The average Bonchev–Trinajstić information content (AvgIpc) is 3.86. The molecular weight excluding hydrogens is 651 g/mol. The van der Waals surface area contributed by atoms with Crippen LogP contribution in [0.25, 0.3) is 59.1 Å². The number of aryl methyl sites for hydroxylation is 2. The highest BCUT2D eigenvalue weighted by Crippen LogP contribution is 2.59. The van der Waals surface area contributed by atoms with E-state index in [4.69, 9.17) is 4.98 Å². The van der Waals surface area contributed by atoms with E-state index in [-0.39, 0.29) is 0 Å². The van der Waals surface area contributed by atoms with Crippen molar-refractivity contribution in [2.24, 2.45) is 0 Å². The molecule has 0 fully saturated rings. The Hall–Kier alpha value is -6.28. The molecule has 2 aromatic heterocycles. The number of para-hydroxylation sites is 2. The molecule has 246 valence electrons. The molecule has 0 amide bonds. The number of nitrogens with zero attached hydrogens (tertiary/aromatic N) is 3. The number of fused-ring (bicyclic) bond motifs is 8. The fourth-order valence-corrected chi connectivity index (χ4v) is 10.0. The first kappa shape index (κ1) is 30.5. The molecular formula is C48H33N3S. The Kier molecular flexibility index (Phi) is 6.83. The highest BCUT2D eigenvalue weighted by Gasteiger charge is 2.47. The summed E-state index contributed by atoms with van der Waals surface area (Å²) < 4.78 is 4.86. The van der Waals surface area contributed by atoms with E-state index >= 15 is 0 Å². The van der Waals surface area contributed by atoms with Gasteiger partial charge >= 0.3 is 0 Å². The van der Waals surface area contributed by atoms with Crippen LogP contribution in [0.2, 0.25) is 0 Å². The molecule has 52 heavy (non-hydrogen) atoms. The summed E-state index contributed by atoms with van der Waals surface area (Å²) in [5.41, 5.74) is 14.6. The Morgan fingerprint density at radius 3 is 2.19 bits per heavy atom. The van der Waals surface area contributed by atoms with Gasteiger partial charge in [0.05, 0.1) is 28.1 Å². The molecule has 0 aliphatic heterocycles. The third kappa shape index (κ3) is 4.27. The number of aromatic nitrogens is 2. The minimum absolute atomic E-state index is 0.530. The van der Waals surface area contributed by atoms with Crippen molar-refractivity contribution in [2.45, 2.75) is 25.7 Å². The van der Waals surface area contributed by atoms with Gasteiger partial charge in [0.1, 0.15) is 5.82 Å². The number of imidazole rings is 1. The maximum Gasteiger partial charge on any atom is 0.114 e. The van der Waals surface area contributed by atoms with E-state index < -0.39 is 5.41 Å². The summed E-state index contributed by atoms with van der Waals surface area (Å²) >= 11 is 1.87. The van der Waals surface area contributed by atoms with Crippen molar-refractivity contribution in [3.63, 3.8) is 0 Å². The van der Waals surface area contributed by atoms with Gasteiger partial charge in [-0.15, -0.1) is 11.3 Å². The van der Waals surface area contributed by atoms with Gasteiger partial charge in [0.25, 0.3) is 0 Å². The van der Waals surface area contributed by atoms with Crippen LogP contribution in [0.1, 0.15) is 46.1 Å². The summed E-state index contributed by atoms with van der Waals surface area (Å²) in [4.78, 5) is 4.97. The molecule has 10 rings (SSSR count). The standard InChI is InChI=1S/C48H33N3S/c1-3-44-50-40-15-9-10-16-41(40)51(44)35-23-21-34(22-24-35)48(33-11-5-4-6-12-33)38-14-8-7-13-36(38)45-39(48)25-26-42-47(45)46-37(27-30(2)28-43(46)52-42)32-19-17-31(29-49)18-20-32/h4-28H,3H2,1-2H3. The predicted octanol–water partition coefficient (Wildman–Crippen LogP) is 12.2. The topological polar surface area (TPSA) is 41.6 Å². The van der Waals surface area contributed by atoms with Crippen molar-refractivity contribution in [3.8, 4) is 34.0 Å². The van der Waals surface area contributed by atoms with Crippen LogP contribution in [0.3, 0.4) is 0 Å². The maximum absolute atomic E-state index is 9.54. The SMILES string of the molecule is CCc1nc2ccccc2n1-c1ccc(C2(c3ccccc3)c3ccccc3-c3c2ccc2sc4cc(C)cc(-c5ccc(C#N)cc5)c4c32)cc1. The van der Waals surface area contributed by atoms with Crippen molar-refractivity contribution in [2.75, 3.05) is 0 Å². The first-order valence-corrected chi connectivity index (χ1v) is 18.7. The number of thiophene rings is 1. The Bertz CT molecular complexity index is 2890. The molecule has 4 heteroatoms. The summed E-state index contributed by atoms with van der Waals surface area (Å²) in [5.74, 6) is 1.06. The molecule has 2 heterocycles. The summed E-state index contributed by atoms with van der Waals surface area (Å²) in [5, 5.41) is 12.1. The van der Waals surface area contributed by atoms with Crippen LogP contribution in [0.4, 0.5) is 0 Å². The van der Waals surface area contributed by atoms with E-state index in [1.54, 1.807) is 0 Å². The molecule has 1 unspecified atom stereocenters. The molecule has 9 aromatic rings. The second-order valence-corrected chi connectivity index (χ2v) is 14.8. The summed E-state index contributed by atoms with van der Waals surface area (Å²) in [7, 11) is 0. The molecule has 0 spiro atoms. The van der Waals surface area contributed by atoms with Gasteiger partial charge in [-0.2, -0.15) is 5.26 Å². The molecule has 1 atom stereocenters. The minimum Gasteiger partial charge on any atom is -0.296 e. The van der Waals surface area contributed by atoms with Gasteiger partial charge in [0.15, 0.2) is 0 Å².